The van der Waals surface area contributed by atoms with Crippen molar-refractivity contribution in [3.63, 3.8) is 0 Å². The molecule has 1 atom stereocenters. The smallest absolute Gasteiger partial charge is 0.328 e. The van der Waals surface area contributed by atoms with Crippen molar-refractivity contribution in [2.24, 2.45) is 0 Å². The molecule has 0 spiro atoms. The number of likely N-dealkylation sites (N-methyl/N-ethyl adjacent to an activating group) is 1. The molecule has 1 aromatic carbocycles. The van der Waals surface area contributed by atoms with E-state index in [-0.39, 0.29) is 0 Å². The van der Waals surface area contributed by atoms with Gasteiger partial charge in [-0.15, -0.1) is 0 Å². The number of hydrogen-bond acceptors (Lipinski definition) is 4. The summed E-state index contributed by atoms with van der Waals surface area (Å²) in [4.78, 5) is 13.2. The van der Waals surface area contributed by atoms with E-state index < -0.39 is 11.5 Å². The summed E-state index contributed by atoms with van der Waals surface area (Å²) in [6.07, 6.45) is 0. The minimum absolute atomic E-state index is 0.518. The molecule has 5 nitrogen and oxygen atoms in total. The van der Waals surface area contributed by atoms with Crippen LogP contribution in [0.15, 0.2) is 18.2 Å². The van der Waals surface area contributed by atoms with Crippen molar-refractivity contribution in [1.29, 1.82) is 0 Å². The van der Waals surface area contributed by atoms with Gasteiger partial charge in [0, 0.05) is 0 Å². The first-order valence-corrected chi connectivity index (χ1v) is 5.51. The first-order valence-electron chi connectivity index (χ1n) is 5.51. The van der Waals surface area contributed by atoms with Gasteiger partial charge in [0.15, 0.2) is 11.5 Å². The van der Waals surface area contributed by atoms with Crippen LogP contribution in [0.2, 0.25) is 0 Å². The van der Waals surface area contributed by atoms with Crippen LogP contribution < -0.4 is 9.47 Å². The van der Waals surface area contributed by atoms with Crippen LogP contribution in [0.1, 0.15) is 12.5 Å². The molecule has 1 rings (SSSR count). The Bertz CT molecular complexity index is 445. The summed E-state index contributed by atoms with van der Waals surface area (Å²) in [5.41, 5.74) is -0.475. The first-order chi connectivity index (χ1) is 8.37. The van der Waals surface area contributed by atoms with E-state index in [0.717, 1.165) is 0 Å². The molecule has 0 saturated carbocycles. The molecule has 18 heavy (non-hydrogen) atoms. The fourth-order valence-corrected chi connectivity index (χ4v) is 1.71. The van der Waals surface area contributed by atoms with E-state index in [9.17, 15) is 9.90 Å². The molecule has 0 fully saturated rings. The fraction of sp³-hybridized carbons (Fsp3) is 0.462. The lowest BCUT2D eigenvalue weighted by Gasteiger charge is -2.32. The maximum absolute atomic E-state index is 11.5. The minimum Gasteiger partial charge on any atom is -0.493 e. The number of ether oxygens (including phenoxy) is 2. The summed E-state index contributed by atoms with van der Waals surface area (Å²) in [6, 6.07) is 5.13. The highest BCUT2D eigenvalue weighted by molar-refractivity contribution is 5.80. The van der Waals surface area contributed by atoms with Crippen molar-refractivity contribution in [2.75, 3.05) is 28.3 Å². The average molecular weight is 253 g/mol. The molecule has 0 bridgehead atoms. The average Bonchev–Trinajstić information content (AvgIpc) is 2.36. The van der Waals surface area contributed by atoms with E-state index in [4.69, 9.17) is 9.47 Å². The minimum atomic E-state index is -1.11. The second-order valence-electron chi connectivity index (χ2n) is 4.34. The van der Waals surface area contributed by atoms with Crippen LogP contribution in [0, 0.1) is 0 Å². The van der Waals surface area contributed by atoms with Crippen molar-refractivity contribution in [1.82, 2.24) is 4.90 Å². The Kier molecular flexibility index (Phi) is 4.19. The van der Waals surface area contributed by atoms with Crippen LogP contribution >= 0.6 is 0 Å². The first kappa shape index (κ1) is 14.3. The molecular weight excluding hydrogens is 234 g/mol. The van der Waals surface area contributed by atoms with Crippen molar-refractivity contribution in [2.45, 2.75) is 12.5 Å². The largest absolute Gasteiger partial charge is 0.493 e. The molecule has 1 unspecified atom stereocenters. The summed E-state index contributed by atoms with van der Waals surface area (Å²) in [6.45, 7) is 1.65. The number of hydrogen-bond donors (Lipinski definition) is 1. The molecule has 0 heterocycles. The molecule has 0 aliphatic rings. The molecule has 1 aromatic rings. The Hall–Kier alpha value is -1.75. The Balaban J connectivity index is 3.35. The second-order valence-corrected chi connectivity index (χ2v) is 4.34. The van der Waals surface area contributed by atoms with E-state index in [1.54, 1.807) is 51.2 Å². The van der Waals surface area contributed by atoms with E-state index in [2.05, 4.69) is 0 Å². The van der Waals surface area contributed by atoms with Gasteiger partial charge in [-0.1, -0.05) is 6.07 Å². The Morgan fingerprint density at radius 3 is 2.17 bits per heavy atom. The van der Waals surface area contributed by atoms with Gasteiger partial charge in [-0.05, 0) is 38.7 Å². The lowest BCUT2D eigenvalue weighted by Crippen LogP contribution is -2.45. The number of carboxylic acid groups (broad SMARTS) is 1. The summed E-state index contributed by atoms with van der Waals surface area (Å²) in [5, 5.41) is 9.43. The predicted molar refractivity (Wildman–Crippen MR) is 68.2 cm³/mol. The molecular formula is C13H19NO4. The molecule has 0 amide bonds. The van der Waals surface area contributed by atoms with Crippen LogP contribution in [0.25, 0.3) is 0 Å². The maximum atomic E-state index is 11.5. The van der Waals surface area contributed by atoms with Gasteiger partial charge in [-0.25, -0.2) is 4.79 Å². The number of carbonyl (C=O) groups is 1. The lowest BCUT2D eigenvalue weighted by molar-refractivity contribution is -0.149. The Labute approximate surface area is 107 Å². The van der Waals surface area contributed by atoms with E-state index in [0.29, 0.717) is 17.1 Å². The normalized spacial score (nSPS) is 14.1. The second kappa shape index (κ2) is 5.27. The summed E-state index contributed by atoms with van der Waals surface area (Å²) in [5.74, 6) is 0.178. The molecule has 0 saturated heterocycles. The predicted octanol–water partition coefficient (Wildman–Crippen LogP) is 1.57. The summed E-state index contributed by atoms with van der Waals surface area (Å²) >= 11 is 0. The monoisotopic (exact) mass is 253 g/mol. The molecule has 5 heteroatoms. The zero-order valence-corrected chi connectivity index (χ0v) is 11.4. The van der Waals surface area contributed by atoms with E-state index >= 15 is 0 Å². The van der Waals surface area contributed by atoms with Crippen molar-refractivity contribution >= 4 is 5.97 Å². The van der Waals surface area contributed by atoms with Crippen LogP contribution in [0.5, 0.6) is 11.5 Å². The lowest BCUT2D eigenvalue weighted by atomic mass is 9.90. The standard InChI is InChI=1S/C13H19NO4/c1-13(12(15)16,14(2)3)9-6-7-10(17-4)11(8-9)18-5/h6-8H,1-5H3,(H,15,16). The molecule has 0 aliphatic heterocycles. The van der Waals surface area contributed by atoms with Crippen LogP contribution in [0.4, 0.5) is 0 Å². The molecule has 1 N–H and O–H groups in total. The SMILES string of the molecule is COc1ccc(C(C)(C(=O)O)N(C)C)cc1OC. The Morgan fingerprint density at radius 1 is 1.22 bits per heavy atom. The van der Waals surface area contributed by atoms with Gasteiger partial charge in [-0.3, -0.25) is 4.90 Å². The summed E-state index contributed by atoms with van der Waals surface area (Å²) < 4.78 is 10.3. The van der Waals surface area contributed by atoms with E-state index in [1.807, 2.05) is 0 Å². The molecule has 100 valence electrons. The molecule has 0 radical (unpaired) electrons. The van der Waals surface area contributed by atoms with E-state index in [1.165, 1.54) is 7.11 Å². The van der Waals surface area contributed by atoms with Crippen molar-refractivity contribution in [3.8, 4) is 11.5 Å². The van der Waals surface area contributed by atoms with Gasteiger partial charge in [-0.2, -0.15) is 0 Å². The highest BCUT2D eigenvalue weighted by Crippen LogP contribution is 2.34. The van der Waals surface area contributed by atoms with Gasteiger partial charge in [0.05, 0.1) is 14.2 Å². The van der Waals surface area contributed by atoms with Gasteiger partial charge in [0.2, 0.25) is 0 Å². The number of rotatable bonds is 5. The fourth-order valence-electron chi connectivity index (χ4n) is 1.71. The van der Waals surface area contributed by atoms with Gasteiger partial charge in [0.25, 0.3) is 0 Å². The third kappa shape index (κ3) is 2.26. The van der Waals surface area contributed by atoms with Crippen molar-refractivity contribution in [3.05, 3.63) is 23.8 Å². The third-order valence-corrected chi connectivity index (χ3v) is 3.26. The molecule has 0 aromatic heterocycles. The quantitative estimate of drug-likeness (QED) is 0.863. The zero-order chi connectivity index (χ0) is 13.9. The van der Waals surface area contributed by atoms with Crippen molar-refractivity contribution < 1.29 is 19.4 Å². The highest BCUT2D eigenvalue weighted by atomic mass is 16.5. The zero-order valence-electron chi connectivity index (χ0n) is 11.4. The third-order valence-electron chi connectivity index (χ3n) is 3.26. The van der Waals surface area contributed by atoms with Gasteiger partial charge >= 0.3 is 5.97 Å². The number of nitrogens with zero attached hydrogens (tertiary/aromatic N) is 1. The molecule has 0 aliphatic carbocycles. The van der Waals surface area contributed by atoms with Crippen LogP contribution in [0.3, 0.4) is 0 Å². The number of aliphatic carboxylic acids is 1. The number of carboxylic acids is 1. The van der Waals surface area contributed by atoms with Crippen LogP contribution in [-0.2, 0) is 10.3 Å². The maximum Gasteiger partial charge on any atom is 0.328 e. The van der Waals surface area contributed by atoms with Gasteiger partial charge in [0.1, 0.15) is 5.54 Å². The summed E-state index contributed by atoms with van der Waals surface area (Å²) in [7, 11) is 6.52. The Morgan fingerprint density at radius 2 is 1.78 bits per heavy atom. The number of methoxy groups -OCH3 is 2. The van der Waals surface area contributed by atoms with Crippen LogP contribution in [-0.4, -0.2) is 44.3 Å². The highest BCUT2D eigenvalue weighted by Gasteiger charge is 2.38. The van der Waals surface area contributed by atoms with Gasteiger partial charge < -0.3 is 14.6 Å². The topological polar surface area (TPSA) is 59.0 Å². The number of benzene rings is 1.